The van der Waals surface area contributed by atoms with E-state index < -0.39 is 0 Å². The number of ether oxygens (including phenoxy) is 12. The number of carbonyl (C=O) groups is 1. The molecule has 0 aliphatic heterocycles. The van der Waals surface area contributed by atoms with E-state index in [4.69, 9.17) is 56.8 Å². The first-order valence-corrected chi connectivity index (χ1v) is 16.2. The first-order chi connectivity index (χ1) is 21.7. The third-order valence-corrected chi connectivity index (χ3v) is 5.78. The Bertz CT molecular complexity index is 557. The van der Waals surface area contributed by atoms with Crippen LogP contribution in [0, 0.1) is 0 Å². The van der Waals surface area contributed by atoms with E-state index >= 15 is 0 Å². The fourth-order valence-corrected chi connectivity index (χ4v) is 3.21. The molecule has 0 bridgehead atoms. The highest BCUT2D eigenvalue weighted by atomic mass is 16.6. The molecule has 0 radical (unpaired) electrons. The van der Waals surface area contributed by atoms with Crippen LogP contribution < -0.4 is 0 Å². The van der Waals surface area contributed by atoms with E-state index in [0.29, 0.717) is 152 Å². The van der Waals surface area contributed by atoms with E-state index in [1.165, 1.54) is 0 Å². The molecule has 0 aromatic carbocycles. The Morgan fingerprint density at radius 3 is 1.02 bits per heavy atom. The molecule has 0 fully saturated rings. The lowest BCUT2D eigenvalue weighted by Gasteiger charge is -2.11. The summed E-state index contributed by atoms with van der Waals surface area (Å²) in [6, 6.07) is 0. The molecule has 264 valence electrons. The van der Waals surface area contributed by atoms with Crippen LogP contribution in [0.2, 0.25) is 0 Å². The van der Waals surface area contributed by atoms with Crippen molar-refractivity contribution in [2.75, 3.05) is 145 Å². The van der Waals surface area contributed by atoms with Gasteiger partial charge in [0, 0.05) is 13.0 Å². The van der Waals surface area contributed by atoms with Gasteiger partial charge in [0.2, 0.25) is 0 Å². The Balaban J connectivity index is 3.07. The lowest BCUT2D eigenvalue weighted by molar-refractivity contribution is -0.143. The maximum atomic E-state index is 11.2. The van der Waals surface area contributed by atoms with Crippen LogP contribution in [0.3, 0.4) is 0 Å². The first-order valence-electron chi connectivity index (χ1n) is 16.2. The van der Waals surface area contributed by atoms with Crippen LogP contribution in [0.5, 0.6) is 0 Å². The normalized spacial score (nSPS) is 12.2. The molecule has 0 saturated carbocycles. The largest absolute Gasteiger partial charge is 0.466 e. The smallest absolute Gasteiger partial charge is 0.305 e. The summed E-state index contributed by atoms with van der Waals surface area (Å²) in [6.45, 7) is 17.6. The van der Waals surface area contributed by atoms with Gasteiger partial charge in [0.25, 0.3) is 0 Å². The Kier molecular flexibility index (Phi) is 37.4. The van der Waals surface area contributed by atoms with E-state index in [1.807, 2.05) is 0 Å². The average molecular weight is 643 g/mol. The van der Waals surface area contributed by atoms with Crippen molar-refractivity contribution in [1.29, 1.82) is 0 Å². The van der Waals surface area contributed by atoms with Gasteiger partial charge in [-0.3, -0.25) is 4.79 Å². The van der Waals surface area contributed by atoms with Crippen LogP contribution in [0.4, 0.5) is 0 Å². The number of rotatable bonds is 38. The molecule has 13 nitrogen and oxygen atoms in total. The van der Waals surface area contributed by atoms with Gasteiger partial charge >= 0.3 is 5.97 Å². The zero-order valence-electron chi connectivity index (χ0n) is 27.8. The molecular formula is C31H62O13. The second-order valence-electron chi connectivity index (χ2n) is 9.48. The quantitative estimate of drug-likeness (QED) is 0.0724. The van der Waals surface area contributed by atoms with Crippen molar-refractivity contribution in [1.82, 2.24) is 0 Å². The van der Waals surface area contributed by atoms with E-state index in [0.717, 1.165) is 19.3 Å². The van der Waals surface area contributed by atoms with Crippen molar-refractivity contribution in [2.45, 2.75) is 52.6 Å². The molecule has 0 amide bonds. The van der Waals surface area contributed by atoms with Crippen LogP contribution in [0.1, 0.15) is 46.5 Å². The molecule has 0 aliphatic rings. The standard InChI is InChI=1S/C31H62O13/c1-4-30(3)44-29-28-42-27-26-41-25-24-40-23-22-39-21-20-38-19-18-37-17-16-36-15-14-35-13-12-34-11-10-33-9-7-6-8-31(32)43-5-2/h30H,4-29H2,1-3H3. The fourth-order valence-electron chi connectivity index (χ4n) is 3.21. The lowest BCUT2D eigenvalue weighted by atomic mass is 10.2. The van der Waals surface area contributed by atoms with Gasteiger partial charge in [0.1, 0.15) is 0 Å². The van der Waals surface area contributed by atoms with Gasteiger partial charge in [0.05, 0.1) is 145 Å². The van der Waals surface area contributed by atoms with Crippen molar-refractivity contribution < 1.29 is 61.6 Å². The topological polar surface area (TPSA) is 128 Å². The Hall–Kier alpha value is -0.970. The number of hydrogen-bond donors (Lipinski definition) is 0. The fraction of sp³-hybridized carbons (Fsp3) is 0.968. The third kappa shape index (κ3) is 37.2. The Labute approximate surface area is 265 Å². The summed E-state index contributed by atoms with van der Waals surface area (Å²) in [5.41, 5.74) is 0. The van der Waals surface area contributed by atoms with Crippen LogP contribution in [-0.4, -0.2) is 157 Å². The molecule has 13 heteroatoms. The maximum Gasteiger partial charge on any atom is 0.305 e. The van der Waals surface area contributed by atoms with Gasteiger partial charge in [-0.25, -0.2) is 0 Å². The summed E-state index contributed by atoms with van der Waals surface area (Å²) < 4.78 is 65.1. The zero-order chi connectivity index (χ0) is 32.0. The van der Waals surface area contributed by atoms with Gasteiger partial charge in [0.15, 0.2) is 0 Å². The summed E-state index contributed by atoms with van der Waals surface area (Å²) in [5.74, 6) is -0.150. The summed E-state index contributed by atoms with van der Waals surface area (Å²) >= 11 is 0. The molecule has 0 N–H and O–H groups in total. The summed E-state index contributed by atoms with van der Waals surface area (Å²) in [6.07, 6.45) is 3.34. The van der Waals surface area contributed by atoms with Gasteiger partial charge in [-0.2, -0.15) is 0 Å². The first kappa shape index (κ1) is 43.0. The SMILES string of the molecule is CCOC(=O)CCCCOCCOCCOCCOCCOCCOCCOCCOCCOCCOCCOC(C)CC. The number of esters is 1. The molecule has 0 rings (SSSR count). The second-order valence-corrected chi connectivity index (χ2v) is 9.48. The molecule has 0 spiro atoms. The van der Waals surface area contributed by atoms with E-state index in [9.17, 15) is 4.79 Å². The molecule has 0 saturated heterocycles. The zero-order valence-corrected chi connectivity index (χ0v) is 27.8. The number of hydrogen-bond acceptors (Lipinski definition) is 13. The predicted molar refractivity (Wildman–Crippen MR) is 164 cm³/mol. The molecule has 44 heavy (non-hydrogen) atoms. The minimum Gasteiger partial charge on any atom is -0.466 e. The summed E-state index contributed by atoms with van der Waals surface area (Å²) in [5, 5.41) is 0. The van der Waals surface area contributed by atoms with Crippen LogP contribution in [-0.2, 0) is 61.6 Å². The molecule has 0 aromatic heterocycles. The van der Waals surface area contributed by atoms with Crippen LogP contribution in [0.15, 0.2) is 0 Å². The minimum absolute atomic E-state index is 0.150. The van der Waals surface area contributed by atoms with Crippen LogP contribution in [0.25, 0.3) is 0 Å². The molecule has 0 aliphatic carbocycles. The summed E-state index contributed by atoms with van der Waals surface area (Å²) in [7, 11) is 0. The number of carbonyl (C=O) groups excluding carboxylic acids is 1. The van der Waals surface area contributed by atoms with Crippen molar-refractivity contribution >= 4 is 5.97 Å². The van der Waals surface area contributed by atoms with Crippen LogP contribution >= 0.6 is 0 Å². The molecule has 1 unspecified atom stereocenters. The van der Waals surface area contributed by atoms with E-state index in [-0.39, 0.29) is 12.1 Å². The third-order valence-electron chi connectivity index (χ3n) is 5.78. The molecule has 0 aromatic rings. The highest BCUT2D eigenvalue weighted by molar-refractivity contribution is 5.69. The summed E-state index contributed by atoms with van der Waals surface area (Å²) in [4.78, 5) is 11.2. The van der Waals surface area contributed by atoms with Crippen molar-refractivity contribution in [2.24, 2.45) is 0 Å². The van der Waals surface area contributed by atoms with E-state index in [2.05, 4.69) is 13.8 Å². The minimum atomic E-state index is -0.150. The molecular weight excluding hydrogens is 580 g/mol. The van der Waals surface area contributed by atoms with Gasteiger partial charge in [-0.15, -0.1) is 0 Å². The average Bonchev–Trinajstić information content (AvgIpc) is 3.02. The molecule has 0 heterocycles. The monoisotopic (exact) mass is 642 g/mol. The Morgan fingerprint density at radius 2 is 0.727 bits per heavy atom. The van der Waals surface area contributed by atoms with E-state index in [1.54, 1.807) is 6.92 Å². The highest BCUT2D eigenvalue weighted by Crippen LogP contribution is 1.98. The number of unbranched alkanes of at least 4 members (excludes halogenated alkanes) is 1. The second kappa shape index (κ2) is 38.2. The Morgan fingerprint density at radius 1 is 0.432 bits per heavy atom. The van der Waals surface area contributed by atoms with Gasteiger partial charge < -0.3 is 56.8 Å². The lowest BCUT2D eigenvalue weighted by Crippen LogP contribution is -2.16. The van der Waals surface area contributed by atoms with Crippen molar-refractivity contribution in [3.8, 4) is 0 Å². The maximum absolute atomic E-state index is 11.2. The van der Waals surface area contributed by atoms with Gasteiger partial charge in [-0.1, -0.05) is 6.92 Å². The van der Waals surface area contributed by atoms with Crippen molar-refractivity contribution in [3.63, 3.8) is 0 Å². The predicted octanol–water partition coefficient (Wildman–Crippen LogP) is 2.70. The highest BCUT2D eigenvalue weighted by Gasteiger charge is 2.01. The van der Waals surface area contributed by atoms with Crippen molar-refractivity contribution in [3.05, 3.63) is 0 Å². The van der Waals surface area contributed by atoms with Gasteiger partial charge in [-0.05, 0) is 33.1 Å². The molecule has 1 atom stereocenters.